The van der Waals surface area contributed by atoms with Crippen molar-refractivity contribution in [1.82, 2.24) is 4.90 Å². The van der Waals surface area contributed by atoms with E-state index in [4.69, 9.17) is 21.0 Å². The quantitative estimate of drug-likeness (QED) is 0.186. The van der Waals surface area contributed by atoms with Crippen LogP contribution in [-0.2, 0) is 9.22 Å². The summed E-state index contributed by atoms with van der Waals surface area (Å²) in [5.74, 6) is -0.00446. The van der Waals surface area contributed by atoms with Gasteiger partial charge in [-0.2, -0.15) is 0 Å². The van der Waals surface area contributed by atoms with Gasteiger partial charge in [-0.25, -0.2) is 0 Å². The van der Waals surface area contributed by atoms with Crippen LogP contribution in [0.1, 0.15) is 39.7 Å². The first kappa shape index (κ1) is 27.1. The standard InChI is InChI=1S/C27H32ClIN2O2SeSi/c1-17(33-35(5,6)27(2,3)4)23-21-16-22(24(29)18-10-8-7-9-11-18)34-26(31(21)25(23)32)30-20-14-12-19(28)13-15-20/h7-15,17,21,23H,16H2,1-6H3/b24-22+,30-26?/t17-,21-,23-/m1/s1. The number of halogens is 2. The van der Waals surface area contributed by atoms with E-state index in [-0.39, 0.29) is 44.0 Å². The van der Waals surface area contributed by atoms with Crippen molar-refractivity contribution in [2.45, 2.75) is 64.4 Å². The predicted octanol–water partition coefficient (Wildman–Crippen LogP) is 7.48. The number of rotatable bonds is 5. The molecule has 0 aliphatic carbocycles. The van der Waals surface area contributed by atoms with Crippen LogP contribution < -0.4 is 0 Å². The first-order valence-electron chi connectivity index (χ1n) is 11.9. The van der Waals surface area contributed by atoms with Gasteiger partial charge in [0.2, 0.25) is 0 Å². The predicted molar refractivity (Wildman–Crippen MR) is 158 cm³/mol. The number of aliphatic imine (C=N–C) groups is 1. The van der Waals surface area contributed by atoms with Crippen LogP contribution in [-0.4, -0.2) is 51.0 Å². The van der Waals surface area contributed by atoms with Crippen LogP contribution >= 0.6 is 34.2 Å². The number of hydrogen-bond acceptors (Lipinski definition) is 3. The molecule has 2 aromatic carbocycles. The molecule has 0 bridgehead atoms. The Kier molecular flexibility index (Phi) is 8.06. The van der Waals surface area contributed by atoms with Gasteiger partial charge in [-0.1, -0.05) is 0 Å². The Morgan fingerprint density at radius 3 is 2.40 bits per heavy atom. The number of fused-ring (bicyclic) bond motifs is 1. The Morgan fingerprint density at radius 1 is 1.17 bits per heavy atom. The molecule has 2 saturated heterocycles. The molecule has 0 spiro atoms. The van der Waals surface area contributed by atoms with E-state index in [2.05, 4.69) is 87.6 Å². The van der Waals surface area contributed by atoms with E-state index in [1.165, 1.54) is 13.6 Å². The van der Waals surface area contributed by atoms with Crippen LogP contribution in [0.3, 0.4) is 0 Å². The monoisotopic (exact) mass is 686 g/mol. The van der Waals surface area contributed by atoms with E-state index < -0.39 is 8.32 Å². The minimum absolute atomic E-state index is 0.0490. The summed E-state index contributed by atoms with van der Waals surface area (Å²) in [5.41, 5.74) is 2.04. The molecule has 2 heterocycles. The third-order valence-corrected chi connectivity index (χ3v) is 16.4. The number of nitrogens with zero attached hydrogens (tertiary/aromatic N) is 2. The van der Waals surface area contributed by atoms with Gasteiger partial charge in [-0.05, 0) is 0 Å². The first-order chi connectivity index (χ1) is 16.4. The molecule has 3 atom stereocenters. The van der Waals surface area contributed by atoms with Gasteiger partial charge in [0.25, 0.3) is 0 Å². The summed E-state index contributed by atoms with van der Waals surface area (Å²) in [4.78, 5) is 20.4. The van der Waals surface area contributed by atoms with E-state index in [1.807, 2.05) is 35.2 Å². The molecule has 0 N–H and O–H groups in total. The van der Waals surface area contributed by atoms with Crippen LogP contribution in [0.2, 0.25) is 23.2 Å². The van der Waals surface area contributed by atoms with Crippen molar-refractivity contribution in [2.75, 3.05) is 0 Å². The SMILES string of the molecule is C[C@@H](O[Si](C)(C)C(C)(C)C)[C@H]1C(=O)N2C(=Nc3ccc(Cl)cc3)[Se]/C(=C(/I)c3ccccc3)C[C@H]12. The number of carbonyl (C=O) groups is 1. The van der Waals surface area contributed by atoms with Crippen molar-refractivity contribution in [1.29, 1.82) is 0 Å². The fourth-order valence-corrected chi connectivity index (χ4v) is 9.36. The van der Waals surface area contributed by atoms with Gasteiger partial charge < -0.3 is 0 Å². The Balaban J connectivity index is 1.69. The average molecular weight is 686 g/mol. The number of amides is 1. The Labute approximate surface area is 235 Å². The van der Waals surface area contributed by atoms with Crippen LogP contribution in [0, 0.1) is 5.92 Å². The zero-order chi connectivity index (χ0) is 25.5. The summed E-state index contributed by atoms with van der Waals surface area (Å²) >= 11 is 8.51. The number of hydrogen-bond donors (Lipinski definition) is 0. The summed E-state index contributed by atoms with van der Waals surface area (Å²) in [6.07, 6.45) is 0.747. The molecule has 0 unspecified atom stereocenters. The van der Waals surface area contributed by atoms with Crippen molar-refractivity contribution < 1.29 is 9.22 Å². The second kappa shape index (κ2) is 10.4. The molecule has 0 radical (unpaired) electrons. The molecule has 8 heteroatoms. The van der Waals surface area contributed by atoms with E-state index in [1.54, 1.807) is 0 Å². The molecule has 35 heavy (non-hydrogen) atoms. The molecule has 2 fully saturated rings. The molecule has 2 aliphatic heterocycles. The topological polar surface area (TPSA) is 41.9 Å². The molecule has 4 rings (SSSR count). The molecule has 0 saturated carbocycles. The maximum atomic E-state index is 13.5. The second-order valence-corrected chi connectivity index (χ2v) is 19.2. The van der Waals surface area contributed by atoms with Crippen molar-refractivity contribution in [2.24, 2.45) is 10.9 Å². The molecular formula is C27H32ClIN2O2SeSi. The van der Waals surface area contributed by atoms with E-state index >= 15 is 0 Å². The zero-order valence-corrected chi connectivity index (χ0v) is 26.6. The van der Waals surface area contributed by atoms with Crippen molar-refractivity contribution in [3.63, 3.8) is 0 Å². The van der Waals surface area contributed by atoms with Gasteiger partial charge in [-0.3, -0.25) is 0 Å². The van der Waals surface area contributed by atoms with E-state index in [9.17, 15) is 4.79 Å². The van der Waals surface area contributed by atoms with E-state index in [0.717, 1.165) is 16.8 Å². The van der Waals surface area contributed by atoms with Crippen LogP contribution in [0.25, 0.3) is 3.58 Å². The van der Waals surface area contributed by atoms with Crippen molar-refractivity contribution >= 4 is 77.4 Å². The molecule has 186 valence electrons. The molecule has 4 nitrogen and oxygen atoms in total. The average Bonchev–Trinajstić information content (AvgIpc) is 2.78. The number of carbonyl (C=O) groups excluding carboxylic acids is 1. The van der Waals surface area contributed by atoms with Gasteiger partial charge in [0.05, 0.1) is 0 Å². The van der Waals surface area contributed by atoms with Crippen molar-refractivity contribution in [3.05, 3.63) is 69.7 Å². The van der Waals surface area contributed by atoms with Gasteiger partial charge in [0, 0.05) is 0 Å². The van der Waals surface area contributed by atoms with Crippen LogP contribution in [0.15, 0.2) is 64.1 Å². The van der Waals surface area contributed by atoms with Gasteiger partial charge in [0.1, 0.15) is 0 Å². The molecule has 1 amide bonds. The number of amidine groups is 1. The fraction of sp³-hybridized carbons (Fsp3) is 0.407. The Morgan fingerprint density at radius 2 is 1.80 bits per heavy atom. The third-order valence-electron chi connectivity index (χ3n) is 7.20. The maximum absolute atomic E-state index is 13.5. The van der Waals surface area contributed by atoms with Gasteiger partial charge >= 0.3 is 236 Å². The summed E-state index contributed by atoms with van der Waals surface area (Å²) in [6, 6.07) is 18.1. The third kappa shape index (κ3) is 5.65. The number of β-lactam (4-membered cyclic amide) rings is 1. The second-order valence-electron chi connectivity index (χ2n) is 10.7. The summed E-state index contributed by atoms with van der Waals surface area (Å²) < 4.78 is 10.2. The molecule has 2 aromatic rings. The zero-order valence-electron chi connectivity index (χ0n) is 21.0. The van der Waals surface area contributed by atoms with Gasteiger partial charge in [-0.15, -0.1) is 0 Å². The van der Waals surface area contributed by atoms with Crippen LogP contribution in [0.5, 0.6) is 0 Å². The van der Waals surface area contributed by atoms with Gasteiger partial charge in [0.15, 0.2) is 0 Å². The summed E-state index contributed by atoms with van der Waals surface area (Å²) in [7, 11) is -2.00. The fourth-order valence-electron chi connectivity index (χ4n) is 4.22. The Bertz CT molecular complexity index is 1160. The summed E-state index contributed by atoms with van der Waals surface area (Å²) in [5, 5.41) is 0.773. The molecular weight excluding hydrogens is 654 g/mol. The molecule has 2 aliphatic rings. The summed E-state index contributed by atoms with van der Waals surface area (Å²) in [6.45, 7) is 13.3. The Hall–Kier alpha value is -0.964. The van der Waals surface area contributed by atoms with E-state index in [0.29, 0.717) is 5.02 Å². The molecule has 0 aromatic heterocycles. The van der Waals surface area contributed by atoms with Crippen LogP contribution in [0.4, 0.5) is 5.69 Å². The normalized spacial score (nSPS) is 24.2. The number of benzene rings is 2. The first-order valence-corrected chi connectivity index (χ1v) is 17.9. The van der Waals surface area contributed by atoms with Crippen molar-refractivity contribution in [3.8, 4) is 0 Å². The minimum atomic E-state index is -2.00.